The summed E-state index contributed by atoms with van der Waals surface area (Å²) in [6, 6.07) is 7.80. The number of carbonyl (C=O) groups is 1. The third kappa shape index (κ3) is 9.29. The molecule has 1 amide bonds. The van der Waals surface area contributed by atoms with Gasteiger partial charge < -0.3 is 25.0 Å². The molecule has 0 spiro atoms. The lowest BCUT2D eigenvalue weighted by molar-refractivity contribution is -0.133. The van der Waals surface area contributed by atoms with Gasteiger partial charge in [0.2, 0.25) is 5.91 Å². The second kappa shape index (κ2) is 14.6. The number of hydrogen-bond donors (Lipinski definition) is 2. The summed E-state index contributed by atoms with van der Waals surface area (Å²) in [5.41, 5.74) is 1.13. The number of guanidine groups is 1. The molecule has 2 N–H and O–H groups in total. The lowest BCUT2D eigenvalue weighted by Crippen LogP contribution is -2.54. The fraction of sp³-hybridized carbons (Fsp3) is 0.667. The van der Waals surface area contributed by atoms with Gasteiger partial charge in [-0.15, -0.1) is 24.0 Å². The van der Waals surface area contributed by atoms with Gasteiger partial charge in [0.25, 0.3) is 0 Å². The number of aryl methyl sites for hydroxylation is 1. The van der Waals surface area contributed by atoms with Crippen LogP contribution in [0, 0.1) is 6.92 Å². The van der Waals surface area contributed by atoms with Gasteiger partial charge in [0, 0.05) is 45.8 Å². The molecule has 186 valence electrons. The Kier molecular flexibility index (Phi) is 12.3. The van der Waals surface area contributed by atoms with Crippen molar-refractivity contribution in [2.75, 3.05) is 65.5 Å². The minimum absolute atomic E-state index is 0. The highest BCUT2D eigenvalue weighted by Gasteiger charge is 2.24. The zero-order valence-corrected chi connectivity index (χ0v) is 22.4. The van der Waals surface area contributed by atoms with Gasteiger partial charge in [0.1, 0.15) is 18.5 Å². The maximum absolute atomic E-state index is 12.5. The van der Waals surface area contributed by atoms with Crippen molar-refractivity contribution in [3.05, 3.63) is 29.8 Å². The fourth-order valence-electron chi connectivity index (χ4n) is 4.12. The number of piperidine rings is 1. The van der Waals surface area contributed by atoms with Crippen LogP contribution in [0.2, 0.25) is 0 Å². The quantitative estimate of drug-likeness (QED) is 0.281. The Morgan fingerprint density at radius 2 is 1.85 bits per heavy atom. The van der Waals surface area contributed by atoms with Gasteiger partial charge in [-0.3, -0.25) is 14.7 Å². The summed E-state index contributed by atoms with van der Waals surface area (Å²) in [4.78, 5) is 23.6. The van der Waals surface area contributed by atoms with E-state index in [4.69, 9.17) is 4.74 Å². The van der Waals surface area contributed by atoms with Crippen molar-refractivity contribution in [1.82, 2.24) is 20.0 Å². The van der Waals surface area contributed by atoms with Crippen molar-refractivity contribution in [2.24, 2.45) is 4.99 Å². The standard InChI is InChI=1S/C24H39N5O3.HI/c1-3-25-24(26-17-21(30)19-32-22-9-7-8-20(2)16-22)29-14-12-27(13-15-29)18-23(31)28-10-5-4-6-11-28;/h7-9,16,21,30H,3-6,10-15,17-19H2,1-2H3,(H,25,26);1H. The van der Waals surface area contributed by atoms with Crippen LogP contribution in [0.5, 0.6) is 5.75 Å². The first-order valence-corrected chi connectivity index (χ1v) is 12.0. The number of likely N-dealkylation sites (tertiary alicyclic amines) is 1. The van der Waals surface area contributed by atoms with Crippen LogP contribution in [0.4, 0.5) is 0 Å². The largest absolute Gasteiger partial charge is 0.491 e. The number of benzene rings is 1. The highest BCUT2D eigenvalue weighted by Crippen LogP contribution is 2.13. The normalized spacial score (nSPS) is 18.5. The third-order valence-corrected chi connectivity index (χ3v) is 5.96. The summed E-state index contributed by atoms with van der Waals surface area (Å²) < 4.78 is 5.69. The molecule has 0 bridgehead atoms. The topological polar surface area (TPSA) is 80.6 Å². The molecule has 2 aliphatic rings. The maximum Gasteiger partial charge on any atom is 0.236 e. The molecule has 2 heterocycles. The molecule has 0 radical (unpaired) electrons. The number of halogens is 1. The SMILES string of the molecule is CCNC(=NCC(O)COc1cccc(C)c1)N1CCN(CC(=O)N2CCCCC2)CC1.I. The van der Waals surface area contributed by atoms with Gasteiger partial charge in [0.05, 0.1) is 13.1 Å². The van der Waals surface area contributed by atoms with Crippen LogP contribution in [0.15, 0.2) is 29.3 Å². The van der Waals surface area contributed by atoms with Crippen LogP contribution in [0.3, 0.4) is 0 Å². The fourth-order valence-corrected chi connectivity index (χ4v) is 4.12. The van der Waals surface area contributed by atoms with Gasteiger partial charge in [-0.1, -0.05) is 12.1 Å². The first kappa shape index (κ1) is 27.7. The van der Waals surface area contributed by atoms with E-state index in [0.717, 1.165) is 75.9 Å². The molecule has 3 rings (SSSR count). The second-order valence-corrected chi connectivity index (χ2v) is 8.68. The number of nitrogens with zero attached hydrogens (tertiary/aromatic N) is 4. The predicted octanol–water partition coefficient (Wildman–Crippen LogP) is 1.95. The van der Waals surface area contributed by atoms with E-state index >= 15 is 0 Å². The highest BCUT2D eigenvalue weighted by molar-refractivity contribution is 14.0. The number of amides is 1. The van der Waals surface area contributed by atoms with Crippen LogP contribution in [-0.2, 0) is 4.79 Å². The Bertz CT molecular complexity index is 749. The number of hydrogen-bond acceptors (Lipinski definition) is 5. The van der Waals surface area contributed by atoms with E-state index < -0.39 is 6.10 Å². The highest BCUT2D eigenvalue weighted by atomic mass is 127. The molecule has 33 heavy (non-hydrogen) atoms. The summed E-state index contributed by atoms with van der Waals surface area (Å²) in [5.74, 6) is 1.83. The molecule has 1 unspecified atom stereocenters. The monoisotopic (exact) mass is 573 g/mol. The van der Waals surface area contributed by atoms with Crippen LogP contribution >= 0.6 is 24.0 Å². The number of aliphatic hydroxyl groups excluding tert-OH is 1. The minimum Gasteiger partial charge on any atom is -0.491 e. The number of ether oxygens (including phenoxy) is 1. The molecule has 1 aromatic rings. The molecule has 0 saturated carbocycles. The number of piperazine rings is 1. The molecule has 1 aromatic carbocycles. The molecule has 1 atom stereocenters. The zero-order chi connectivity index (χ0) is 22.8. The average molecular weight is 574 g/mol. The van der Waals surface area contributed by atoms with Crippen LogP contribution in [-0.4, -0.2) is 103 Å². The summed E-state index contributed by atoms with van der Waals surface area (Å²) in [7, 11) is 0. The van der Waals surface area contributed by atoms with Gasteiger partial charge in [-0.25, -0.2) is 0 Å². The van der Waals surface area contributed by atoms with Crippen molar-refractivity contribution in [1.29, 1.82) is 0 Å². The summed E-state index contributed by atoms with van der Waals surface area (Å²) >= 11 is 0. The smallest absolute Gasteiger partial charge is 0.236 e. The minimum atomic E-state index is -0.673. The van der Waals surface area contributed by atoms with Crippen LogP contribution in [0.1, 0.15) is 31.7 Å². The van der Waals surface area contributed by atoms with Crippen molar-refractivity contribution in [3.63, 3.8) is 0 Å². The Balaban J connectivity index is 0.00000385. The van der Waals surface area contributed by atoms with E-state index in [9.17, 15) is 9.90 Å². The van der Waals surface area contributed by atoms with Crippen molar-refractivity contribution in [2.45, 2.75) is 39.2 Å². The number of rotatable bonds is 8. The van der Waals surface area contributed by atoms with E-state index in [-0.39, 0.29) is 43.0 Å². The van der Waals surface area contributed by atoms with E-state index in [1.807, 2.05) is 43.0 Å². The molecular formula is C24H40IN5O3. The molecule has 8 nitrogen and oxygen atoms in total. The Morgan fingerprint density at radius 3 is 2.52 bits per heavy atom. The summed E-state index contributed by atoms with van der Waals surface area (Å²) in [6.45, 7) is 10.9. The third-order valence-electron chi connectivity index (χ3n) is 5.96. The summed E-state index contributed by atoms with van der Waals surface area (Å²) in [6.07, 6.45) is 2.82. The molecular weight excluding hydrogens is 533 g/mol. The average Bonchev–Trinajstić information content (AvgIpc) is 2.81. The lowest BCUT2D eigenvalue weighted by Gasteiger charge is -2.37. The van der Waals surface area contributed by atoms with Crippen molar-refractivity contribution < 1.29 is 14.6 Å². The first-order valence-electron chi connectivity index (χ1n) is 12.0. The molecule has 0 aliphatic carbocycles. The van der Waals surface area contributed by atoms with Crippen molar-refractivity contribution in [3.8, 4) is 5.75 Å². The van der Waals surface area contributed by atoms with Gasteiger partial charge in [0.15, 0.2) is 5.96 Å². The van der Waals surface area contributed by atoms with E-state index in [1.54, 1.807) is 0 Å². The summed E-state index contributed by atoms with van der Waals surface area (Å²) in [5, 5.41) is 13.7. The van der Waals surface area contributed by atoms with Crippen molar-refractivity contribution >= 4 is 35.8 Å². The number of nitrogens with one attached hydrogen (secondary N) is 1. The number of aliphatic imine (C=N–C) groups is 1. The Hall–Kier alpha value is -1.59. The molecule has 0 aromatic heterocycles. The Labute approximate surface area is 215 Å². The second-order valence-electron chi connectivity index (χ2n) is 8.68. The van der Waals surface area contributed by atoms with E-state index in [1.165, 1.54) is 6.42 Å². The molecule has 2 fully saturated rings. The molecule has 2 aliphatic heterocycles. The molecule has 9 heteroatoms. The first-order chi connectivity index (χ1) is 15.5. The van der Waals surface area contributed by atoms with E-state index in [0.29, 0.717) is 6.54 Å². The lowest BCUT2D eigenvalue weighted by atomic mass is 10.1. The van der Waals surface area contributed by atoms with Gasteiger partial charge in [-0.2, -0.15) is 0 Å². The molecule has 2 saturated heterocycles. The zero-order valence-electron chi connectivity index (χ0n) is 20.0. The van der Waals surface area contributed by atoms with Gasteiger partial charge in [-0.05, 0) is 50.8 Å². The van der Waals surface area contributed by atoms with Crippen LogP contribution < -0.4 is 10.1 Å². The number of aliphatic hydroxyl groups is 1. The maximum atomic E-state index is 12.5. The van der Waals surface area contributed by atoms with E-state index in [2.05, 4.69) is 20.1 Å². The van der Waals surface area contributed by atoms with Crippen LogP contribution in [0.25, 0.3) is 0 Å². The van der Waals surface area contributed by atoms with Gasteiger partial charge >= 0.3 is 0 Å². The number of carbonyl (C=O) groups excluding carboxylic acids is 1. The predicted molar refractivity (Wildman–Crippen MR) is 143 cm³/mol. The Morgan fingerprint density at radius 1 is 1.12 bits per heavy atom.